The standard InChI is InChI=1S/C23H18F3N3O2/c1-15(16-11-13-20(14-12-16)27-22(31)23(24,25)26)28-29-21(30)19-9-7-18(8-10-19)17-5-3-2-4-6-17/h2-14H,1H3,(H,27,31)(H,29,30)/b28-15-. The van der Waals surface area contributed by atoms with Crippen molar-refractivity contribution >= 4 is 23.2 Å². The van der Waals surface area contributed by atoms with Gasteiger partial charge in [0.15, 0.2) is 0 Å². The molecular weight excluding hydrogens is 407 g/mol. The third kappa shape index (κ3) is 5.79. The van der Waals surface area contributed by atoms with E-state index in [-0.39, 0.29) is 5.69 Å². The fraction of sp³-hybridized carbons (Fsp3) is 0.0870. The van der Waals surface area contributed by atoms with E-state index < -0.39 is 18.0 Å². The molecule has 0 aromatic heterocycles. The molecule has 0 aliphatic rings. The summed E-state index contributed by atoms with van der Waals surface area (Å²) in [5, 5.41) is 5.79. The smallest absolute Gasteiger partial charge is 0.318 e. The Morgan fingerprint density at radius 3 is 1.90 bits per heavy atom. The van der Waals surface area contributed by atoms with Crippen LogP contribution in [-0.2, 0) is 4.79 Å². The number of halogens is 3. The van der Waals surface area contributed by atoms with Gasteiger partial charge in [-0.1, -0.05) is 54.6 Å². The molecule has 0 saturated carbocycles. The molecule has 5 nitrogen and oxygen atoms in total. The first-order chi connectivity index (χ1) is 14.7. The maximum atomic E-state index is 12.3. The lowest BCUT2D eigenvalue weighted by molar-refractivity contribution is -0.167. The van der Waals surface area contributed by atoms with Gasteiger partial charge >= 0.3 is 12.1 Å². The number of carbonyl (C=O) groups is 2. The van der Waals surface area contributed by atoms with Crippen LogP contribution < -0.4 is 10.7 Å². The summed E-state index contributed by atoms with van der Waals surface area (Å²) in [5.74, 6) is -2.44. The zero-order chi connectivity index (χ0) is 22.4. The van der Waals surface area contributed by atoms with Gasteiger partial charge in [-0.25, -0.2) is 5.43 Å². The second-order valence-electron chi connectivity index (χ2n) is 6.61. The lowest BCUT2D eigenvalue weighted by atomic mass is 10.0. The molecule has 0 fully saturated rings. The number of anilines is 1. The highest BCUT2D eigenvalue weighted by Gasteiger charge is 2.38. The van der Waals surface area contributed by atoms with E-state index in [1.165, 1.54) is 24.3 Å². The number of hydrazone groups is 1. The maximum Gasteiger partial charge on any atom is 0.471 e. The van der Waals surface area contributed by atoms with E-state index in [1.54, 1.807) is 24.4 Å². The minimum atomic E-state index is -4.96. The van der Waals surface area contributed by atoms with E-state index in [4.69, 9.17) is 0 Å². The van der Waals surface area contributed by atoms with Crippen LogP contribution in [0.2, 0.25) is 0 Å². The zero-order valence-corrected chi connectivity index (χ0v) is 16.4. The summed E-state index contributed by atoms with van der Waals surface area (Å²) >= 11 is 0. The third-order valence-corrected chi connectivity index (χ3v) is 4.40. The van der Waals surface area contributed by atoms with Gasteiger partial charge in [0.25, 0.3) is 5.91 Å². The summed E-state index contributed by atoms with van der Waals surface area (Å²) in [5.41, 5.74) is 5.93. The molecule has 3 rings (SSSR count). The molecule has 0 aliphatic carbocycles. The summed E-state index contributed by atoms with van der Waals surface area (Å²) in [6.45, 7) is 1.64. The Hall–Kier alpha value is -3.94. The molecule has 2 amide bonds. The summed E-state index contributed by atoms with van der Waals surface area (Å²) in [6, 6.07) is 22.4. The first-order valence-electron chi connectivity index (χ1n) is 9.23. The van der Waals surface area contributed by atoms with Gasteiger partial charge < -0.3 is 5.32 Å². The van der Waals surface area contributed by atoms with Crippen LogP contribution in [0, 0.1) is 0 Å². The molecule has 0 heterocycles. The van der Waals surface area contributed by atoms with Crippen molar-refractivity contribution < 1.29 is 22.8 Å². The van der Waals surface area contributed by atoms with Crippen molar-refractivity contribution in [2.75, 3.05) is 5.32 Å². The van der Waals surface area contributed by atoms with Crippen molar-refractivity contribution in [1.82, 2.24) is 5.43 Å². The summed E-state index contributed by atoms with van der Waals surface area (Å²) in [4.78, 5) is 23.3. The minimum Gasteiger partial charge on any atom is -0.318 e. The molecule has 31 heavy (non-hydrogen) atoms. The number of amides is 2. The summed E-state index contributed by atoms with van der Waals surface area (Å²) in [7, 11) is 0. The van der Waals surface area contributed by atoms with Crippen molar-refractivity contribution in [1.29, 1.82) is 0 Å². The molecule has 0 radical (unpaired) electrons. The molecule has 0 atom stereocenters. The van der Waals surface area contributed by atoms with Crippen LogP contribution in [0.5, 0.6) is 0 Å². The zero-order valence-electron chi connectivity index (χ0n) is 16.4. The number of carbonyl (C=O) groups excluding carboxylic acids is 2. The van der Waals surface area contributed by atoms with E-state index in [2.05, 4.69) is 10.5 Å². The monoisotopic (exact) mass is 425 g/mol. The van der Waals surface area contributed by atoms with Crippen LogP contribution in [0.4, 0.5) is 18.9 Å². The Bertz CT molecular complexity index is 1090. The largest absolute Gasteiger partial charge is 0.471 e. The second kappa shape index (κ2) is 9.25. The first-order valence-corrected chi connectivity index (χ1v) is 9.23. The molecule has 0 unspecified atom stereocenters. The number of nitrogens with one attached hydrogen (secondary N) is 2. The summed E-state index contributed by atoms with van der Waals surface area (Å²) in [6.07, 6.45) is -4.96. The van der Waals surface area contributed by atoms with Gasteiger partial charge in [0.05, 0.1) is 5.71 Å². The lowest BCUT2D eigenvalue weighted by Crippen LogP contribution is -2.29. The molecule has 0 spiro atoms. The molecule has 158 valence electrons. The number of rotatable bonds is 5. The van der Waals surface area contributed by atoms with Crippen LogP contribution >= 0.6 is 0 Å². The Kier molecular flexibility index (Phi) is 6.49. The molecule has 3 aromatic carbocycles. The third-order valence-electron chi connectivity index (χ3n) is 4.40. The molecular formula is C23H18F3N3O2. The van der Waals surface area contributed by atoms with Gasteiger partial charge in [-0.05, 0) is 47.9 Å². The highest BCUT2D eigenvalue weighted by atomic mass is 19.4. The lowest BCUT2D eigenvalue weighted by Gasteiger charge is -2.09. The van der Waals surface area contributed by atoms with Crippen molar-refractivity contribution in [3.8, 4) is 11.1 Å². The van der Waals surface area contributed by atoms with Gasteiger partial charge in [-0.15, -0.1) is 0 Å². The van der Waals surface area contributed by atoms with Crippen molar-refractivity contribution in [2.24, 2.45) is 5.10 Å². The molecule has 2 N–H and O–H groups in total. The van der Waals surface area contributed by atoms with E-state index in [0.717, 1.165) is 11.1 Å². The highest BCUT2D eigenvalue weighted by Crippen LogP contribution is 2.20. The van der Waals surface area contributed by atoms with Crippen molar-refractivity contribution in [3.05, 3.63) is 90.0 Å². The van der Waals surface area contributed by atoms with E-state index in [9.17, 15) is 22.8 Å². The molecule has 3 aromatic rings. The van der Waals surface area contributed by atoms with Crippen LogP contribution in [0.1, 0.15) is 22.8 Å². The van der Waals surface area contributed by atoms with Gasteiger partial charge in [0.2, 0.25) is 0 Å². The molecule has 0 saturated heterocycles. The normalized spacial score (nSPS) is 11.7. The Labute approximate surface area is 176 Å². The topological polar surface area (TPSA) is 70.6 Å². The maximum absolute atomic E-state index is 12.3. The number of hydrogen-bond acceptors (Lipinski definition) is 3. The average molecular weight is 425 g/mol. The quantitative estimate of drug-likeness (QED) is 0.446. The van der Waals surface area contributed by atoms with Gasteiger partial charge in [0.1, 0.15) is 0 Å². The number of alkyl halides is 3. The first kappa shape index (κ1) is 21.8. The number of nitrogens with zero attached hydrogens (tertiary/aromatic N) is 1. The summed E-state index contributed by atoms with van der Waals surface area (Å²) < 4.78 is 36.9. The number of hydrogen-bond donors (Lipinski definition) is 2. The predicted molar refractivity (Wildman–Crippen MR) is 113 cm³/mol. The van der Waals surface area contributed by atoms with Crippen molar-refractivity contribution in [3.63, 3.8) is 0 Å². The number of benzene rings is 3. The minimum absolute atomic E-state index is 0.00131. The molecule has 8 heteroatoms. The predicted octanol–water partition coefficient (Wildman–Crippen LogP) is 5.01. The van der Waals surface area contributed by atoms with E-state index >= 15 is 0 Å². The van der Waals surface area contributed by atoms with Crippen LogP contribution in [0.3, 0.4) is 0 Å². The van der Waals surface area contributed by atoms with Crippen LogP contribution in [0.15, 0.2) is 84.0 Å². The molecule has 0 bridgehead atoms. The van der Waals surface area contributed by atoms with Crippen molar-refractivity contribution in [2.45, 2.75) is 13.1 Å². The van der Waals surface area contributed by atoms with E-state index in [1.807, 2.05) is 42.5 Å². The fourth-order valence-corrected chi connectivity index (χ4v) is 2.71. The van der Waals surface area contributed by atoms with Gasteiger partial charge in [-0.2, -0.15) is 18.3 Å². The Balaban J connectivity index is 1.62. The Morgan fingerprint density at radius 1 is 0.774 bits per heavy atom. The van der Waals surface area contributed by atoms with Crippen LogP contribution in [0.25, 0.3) is 11.1 Å². The highest BCUT2D eigenvalue weighted by molar-refractivity contribution is 6.01. The second-order valence-corrected chi connectivity index (χ2v) is 6.61. The average Bonchev–Trinajstić information content (AvgIpc) is 2.78. The SMILES string of the molecule is C/C(=N/NC(=O)c1ccc(-c2ccccc2)cc1)c1ccc(NC(=O)C(F)(F)F)cc1. The van der Waals surface area contributed by atoms with E-state index in [0.29, 0.717) is 16.8 Å². The van der Waals surface area contributed by atoms with Crippen LogP contribution in [-0.4, -0.2) is 23.7 Å². The van der Waals surface area contributed by atoms with Gasteiger partial charge in [0, 0.05) is 11.3 Å². The fourth-order valence-electron chi connectivity index (χ4n) is 2.71. The Morgan fingerprint density at radius 2 is 1.32 bits per heavy atom. The van der Waals surface area contributed by atoms with Gasteiger partial charge in [-0.3, -0.25) is 9.59 Å². The molecule has 0 aliphatic heterocycles.